The van der Waals surface area contributed by atoms with Crippen LogP contribution < -0.4 is 0 Å². The van der Waals surface area contributed by atoms with Crippen LogP contribution in [0.2, 0.25) is 10.0 Å². The van der Waals surface area contributed by atoms with Crippen LogP contribution in [0.3, 0.4) is 0 Å². The van der Waals surface area contributed by atoms with Crippen molar-refractivity contribution in [2.24, 2.45) is 0 Å². The van der Waals surface area contributed by atoms with Crippen molar-refractivity contribution in [3.8, 4) is 0 Å². The van der Waals surface area contributed by atoms with Gasteiger partial charge in [-0.05, 0) is 24.6 Å². The lowest BCUT2D eigenvalue weighted by Crippen LogP contribution is -2.29. The van der Waals surface area contributed by atoms with Crippen molar-refractivity contribution in [2.75, 3.05) is 13.1 Å². The second-order valence-electron chi connectivity index (χ2n) is 3.88. The van der Waals surface area contributed by atoms with E-state index >= 15 is 0 Å². The minimum atomic E-state index is -3.58. The summed E-state index contributed by atoms with van der Waals surface area (Å²) in [6.07, 6.45) is -0.131. The first-order valence-electron chi connectivity index (χ1n) is 5.04. The fourth-order valence-corrected chi connectivity index (χ4v) is 3.60. The highest BCUT2D eigenvalue weighted by Crippen LogP contribution is 2.27. The van der Waals surface area contributed by atoms with E-state index in [4.69, 9.17) is 23.2 Å². The Morgan fingerprint density at radius 3 is 2.53 bits per heavy atom. The lowest BCUT2D eigenvalue weighted by atomic mass is 10.3. The third kappa shape index (κ3) is 2.58. The molecule has 0 unspecified atom stereocenters. The van der Waals surface area contributed by atoms with E-state index in [1.54, 1.807) is 0 Å². The van der Waals surface area contributed by atoms with E-state index in [1.807, 2.05) is 0 Å². The number of aliphatic hydroxyl groups is 1. The molecule has 0 saturated carbocycles. The van der Waals surface area contributed by atoms with Crippen LogP contribution in [0.1, 0.15) is 6.42 Å². The largest absolute Gasteiger partial charge is 0.392 e. The maximum absolute atomic E-state index is 12.2. The van der Waals surface area contributed by atoms with Gasteiger partial charge in [0.1, 0.15) is 0 Å². The number of sulfonamides is 1. The summed E-state index contributed by atoms with van der Waals surface area (Å²) in [6, 6.07) is 4.18. The molecule has 17 heavy (non-hydrogen) atoms. The van der Waals surface area contributed by atoms with Gasteiger partial charge in [-0.15, -0.1) is 0 Å². The highest BCUT2D eigenvalue weighted by molar-refractivity contribution is 7.89. The third-order valence-electron chi connectivity index (χ3n) is 2.65. The number of rotatable bonds is 2. The van der Waals surface area contributed by atoms with Crippen molar-refractivity contribution in [1.29, 1.82) is 0 Å². The molecule has 1 aliphatic rings. The van der Waals surface area contributed by atoms with Gasteiger partial charge >= 0.3 is 0 Å². The smallest absolute Gasteiger partial charge is 0.243 e. The van der Waals surface area contributed by atoms with Gasteiger partial charge in [0.25, 0.3) is 0 Å². The minimum absolute atomic E-state index is 0.0981. The van der Waals surface area contributed by atoms with Crippen LogP contribution >= 0.6 is 23.2 Å². The van der Waals surface area contributed by atoms with Gasteiger partial charge < -0.3 is 5.11 Å². The van der Waals surface area contributed by atoms with Crippen molar-refractivity contribution < 1.29 is 13.5 Å². The molecule has 0 radical (unpaired) electrons. The van der Waals surface area contributed by atoms with Crippen LogP contribution in [0.25, 0.3) is 0 Å². The third-order valence-corrected chi connectivity index (χ3v) is 5.26. The monoisotopic (exact) mass is 295 g/mol. The van der Waals surface area contributed by atoms with Gasteiger partial charge in [-0.1, -0.05) is 23.2 Å². The SMILES string of the molecule is O=S(=O)(c1ccc(Cl)c(Cl)c1)N1CC[C@H](O)C1. The summed E-state index contributed by atoms with van der Waals surface area (Å²) in [4.78, 5) is 0.0981. The fourth-order valence-electron chi connectivity index (χ4n) is 1.72. The molecular weight excluding hydrogens is 285 g/mol. The number of β-amino-alcohol motifs (C(OH)–C–C–N with tert-alkyl or cyclic N) is 1. The standard InChI is InChI=1S/C10H11Cl2NO3S/c11-9-2-1-8(5-10(9)12)17(15,16)13-4-3-7(14)6-13/h1-2,5,7,14H,3-4,6H2/t7-/m0/s1. The summed E-state index contributed by atoms with van der Waals surface area (Å²) in [5, 5.41) is 9.87. The summed E-state index contributed by atoms with van der Waals surface area (Å²) in [5.74, 6) is 0. The van der Waals surface area contributed by atoms with E-state index in [9.17, 15) is 13.5 Å². The Kier molecular flexibility index (Phi) is 3.66. The molecule has 4 nitrogen and oxygen atoms in total. The maximum Gasteiger partial charge on any atom is 0.243 e. The number of hydrogen-bond donors (Lipinski definition) is 1. The molecule has 0 bridgehead atoms. The van der Waals surface area contributed by atoms with Gasteiger partial charge in [-0.25, -0.2) is 8.42 Å². The molecule has 0 aliphatic carbocycles. The molecule has 1 heterocycles. The molecule has 7 heteroatoms. The molecule has 1 aliphatic heterocycles. The van der Waals surface area contributed by atoms with Crippen molar-refractivity contribution in [3.05, 3.63) is 28.2 Å². The summed E-state index contributed by atoms with van der Waals surface area (Å²) < 4.78 is 25.6. The number of hydrogen-bond acceptors (Lipinski definition) is 3. The van der Waals surface area contributed by atoms with Gasteiger partial charge in [0, 0.05) is 13.1 Å². The number of halogens is 2. The molecule has 94 valence electrons. The van der Waals surface area contributed by atoms with Crippen LogP contribution in [-0.2, 0) is 10.0 Å². The zero-order chi connectivity index (χ0) is 12.6. The highest BCUT2D eigenvalue weighted by atomic mass is 35.5. The van der Waals surface area contributed by atoms with E-state index in [2.05, 4.69) is 0 Å². The molecule has 1 aromatic rings. The lowest BCUT2D eigenvalue weighted by molar-refractivity contribution is 0.189. The summed E-state index contributed by atoms with van der Waals surface area (Å²) in [7, 11) is -3.58. The molecule has 1 saturated heterocycles. The predicted octanol–water partition coefficient (Wildman–Crippen LogP) is 1.75. The molecular formula is C10H11Cl2NO3S. The minimum Gasteiger partial charge on any atom is -0.392 e. The van der Waals surface area contributed by atoms with Crippen molar-refractivity contribution in [3.63, 3.8) is 0 Å². The summed E-state index contributed by atoms with van der Waals surface area (Å²) >= 11 is 11.5. The molecule has 1 N–H and O–H groups in total. The zero-order valence-electron chi connectivity index (χ0n) is 8.81. The fraction of sp³-hybridized carbons (Fsp3) is 0.400. The lowest BCUT2D eigenvalue weighted by Gasteiger charge is -2.15. The number of benzene rings is 1. The molecule has 0 spiro atoms. The first-order valence-corrected chi connectivity index (χ1v) is 7.24. The van der Waals surface area contributed by atoms with Gasteiger partial charge in [0.2, 0.25) is 10.0 Å². The molecule has 1 fully saturated rings. The summed E-state index contributed by atoms with van der Waals surface area (Å²) in [5.41, 5.74) is 0. The Morgan fingerprint density at radius 1 is 1.29 bits per heavy atom. The highest BCUT2D eigenvalue weighted by Gasteiger charge is 2.31. The summed E-state index contributed by atoms with van der Waals surface area (Å²) in [6.45, 7) is 0.451. The van der Waals surface area contributed by atoms with Gasteiger partial charge in [-0.3, -0.25) is 0 Å². The van der Waals surface area contributed by atoms with E-state index in [-0.39, 0.29) is 16.5 Å². The van der Waals surface area contributed by atoms with E-state index in [0.29, 0.717) is 18.0 Å². The second kappa shape index (κ2) is 4.74. The normalized spacial score (nSPS) is 21.9. The molecule has 2 rings (SSSR count). The van der Waals surface area contributed by atoms with E-state index < -0.39 is 16.1 Å². The molecule has 1 atom stereocenters. The first kappa shape index (κ1) is 13.1. The Balaban J connectivity index is 2.35. The molecule has 0 aromatic heterocycles. The second-order valence-corrected chi connectivity index (χ2v) is 6.63. The van der Waals surface area contributed by atoms with Crippen molar-refractivity contribution in [1.82, 2.24) is 4.31 Å². The Bertz CT molecular complexity index is 532. The number of aliphatic hydroxyl groups excluding tert-OH is 1. The maximum atomic E-state index is 12.2. The zero-order valence-corrected chi connectivity index (χ0v) is 11.1. The molecule has 0 amide bonds. The van der Waals surface area contributed by atoms with Crippen LogP contribution in [0.4, 0.5) is 0 Å². The van der Waals surface area contributed by atoms with Gasteiger partial charge in [0.15, 0.2) is 0 Å². The van der Waals surface area contributed by atoms with Crippen LogP contribution in [-0.4, -0.2) is 37.0 Å². The average molecular weight is 296 g/mol. The van der Waals surface area contributed by atoms with Crippen molar-refractivity contribution in [2.45, 2.75) is 17.4 Å². The average Bonchev–Trinajstić information content (AvgIpc) is 2.69. The van der Waals surface area contributed by atoms with E-state index in [1.165, 1.54) is 22.5 Å². The Labute approximate surface area is 110 Å². The van der Waals surface area contributed by atoms with Crippen LogP contribution in [0, 0.1) is 0 Å². The quantitative estimate of drug-likeness (QED) is 0.904. The van der Waals surface area contributed by atoms with E-state index in [0.717, 1.165) is 0 Å². The Hall–Kier alpha value is -0.330. The van der Waals surface area contributed by atoms with Gasteiger partial charge in [0.05, 0.1) is 21.0 Å². The Morgan fingerprint density at radius 2 is 2.00 bits per heavy atom. The number of nitrogens with zero attached hydrogens (tertiary/aromatic N) is 1. The van der Waals surface area contributed by atoms with Crippen LogP contribution in [0.5, 0.6) is 0 Å². The first-order chi connectivity index (χ1) is 7.91. The van der Waals surface area contributed by atoms with Crippen LogP contribution in [0.15, 0.2) is 23.1 Å². The topological polar surface area (TPSA) is 57.6 Å². The van der Waals surface area contributed by atoms with Crippen molar-refractivity contribution >= 4 is 33.2 Å². The van der Waals surface area contributed by atoms with Gasteiger partial charge in [-0.2, -0.15) is 4.31 Å². The predicted molar refractivity (Wildman–Crippen MR) is 65.8 cm³/mol. The molecule has 1 aromatic carbocycles.